The number of nitrogens with zero attached hydrogens (tertiary/aromatic N) is 1. The number of hydrogen-bond donors (Lipinski definition) is 2. The highest BCUT2D eigenvalue weighted by Crippen LogP contribution is 2.04. The van der Waals surface area contributed by atoms with Crippen molar-refractivity contribution in [1.29, 1.82) is 0 Å². The van der Waals surface area contributed by atoms with Crippen LogP contribution in [-0.2, 0) is 13.0 Å². The minimum Gasteiger partial charge on any atom is -0.348 e. The lowest BCUT2D eigenvalue weighted by molar-refractivity contribution is 0.540. The summed E-state index contributed by atoms with van der Waals surface area (Å²) in [6, 6.07) is 11.0. The summed E-state index contributed by atoms with van der Waals surface area (Å²) < 4.78 is 0. The maximum atomic E-state index is 4.28. The molecule has 3 heteroatoms. The molecule has 1 unspecified atom stereocenters. The van der Waals surface area contributed by atoms with Gasteiger partial charge in [-0.1, -0.05) is 30.3 Å². The number of rotatable bonds is 5. The Bertz CT molecular complexity index is 448. The van der Waals surface area contributed by atoms with E-state index in [9.17, 15) is 0 Å². The van der Waals surface area contributed by atoms with Crippen molar-refractivity contribution in [2.75, 3.05) is 0 Å². The summed E-state index contributed by atoms with van der Waals surface area (Å²) in [5, 5.41) is 3.49. The molecule has 2 aromatic rings. The predicted molar refractivity (Wildman–Crippen MR) is 69.8 cm³/mol. The molecule has 1 atom stereocenters. The standard InChI is InChI=1S/C14H19N3/c1-11(8-13-6-4-3-5-7-13)15-9-14-12(2)16-10-17-14/h3-7,10-11,15H,8-9H2,1-2H3,(H,16,17). The summed E-state index contributed by atoms with van der Waals surface area (Å²) in [4.78, 5) is 7.37. The number of aromatic amines is 1. The molecule has 17 heavy (non-hydrogen) atoms. The van der Waals surface area contributed by atoms with Gasteiger partial charge in [-0.25, -0.2) is 4.98 Å². The van der Waals surface area contributed by atoms with Crippen molar-refractivity contribution in [2.24, 2.45) is 0 Å². The number of H-pyrrole nitrogens is 1. The summed E-state index contributed by atoms with van der Waals surface area (Å²) in [7, 11) is 0. The maximum Gasteiger partial charge on any atom is 0.0925 e. The highest BCUT2D eigenvalue weighted by molar-refractivity contribution is 5.16. The Morgan fingerprint density at radius 2 is 2.06 bits per heavy atom. The van der Waals surface area contributed by atoms with E-state index in [-0.39, 0.29) is 0 Å². The average Bonchev–Trinajstić information content (AvgIpc) is 2.74. The number of nitrogens with one attached hydrogen (secondary N) is 2. The second-order valence-electron chi connectivity index (χ2n) is 4.45. The van der Waals surface area contributed by atoms with Crippen molar-refractivity contribution in [3.8, 4) is 0 Å². The summed E-state index contributed by atoms with van der Waals surface area (Å²) in [5.41, 5.74) is 3.61. The van der Waals surface area contributed by atoms with E-state index >= 15 is 0 Å². The zero-order chi connectivity index (χ0) is 12.1. The van der Waals surface area contributed by atoms with Crippen LogP contribution in [0.5, 0.6) is 0 Å². The van der Waals surface area contributed by atoms with Gasteiger partial charge in [0.1, 0.15) is 0 Å². The molecule has 0 bridgehead atoms. The van der Waals surface area contributed by atoms with Crippen LogP contribution in [0, 0.1) is 6.92 Å². The van der Waals surface area contributed by atoms with Crippen LogP contribution in [-0.4, -0.2) is 16.0 Å². The van der Waals surface area contributed by atoms with E-state index in [1.54, 1.807) is 6.33 Å². The van der Waals surface area contributed by atoms with Crippen LogP contribution in [0.2, 0.25) is 0 Å². The molecule has 90 valence electrons. The third kappa shape index (κ3) is 3.43. The van der Waals surface area contributed by atoms with Crippen molar-refractivity contribution in [3.05, 3.63) is 53.6 Å². The molecule has 1 aromatic carbocycles. The monoisotopic (exact) mass is 229 g/mol. The topological polar surface area (TPSA) is 40.7 Å². The molecule has 2 N–H and O–H groups in total. The number of aryl methyl sites for hydroxylation is 1. The largest absolute Gasteiger partial charge is 0.348 e. The van der Waals surface area contributed by atoms with Gasteiger partial charge < -0.3 is 10.3 Å². The van der Waals surface area contributed by atoms with Crippen LogP contribution in [0.3, 0.4) is 0 Å². The molecule has 0 saturated carbocycles. The molecule has 0 fully saturated rings. The molecule has 0 aliphatic carbocycles. The predicted octanol–water partition coefficient (Wildman–Crippen LogP) is 2.44. The van der Waals surface area contributed by atoms with E-state index in [1.165, 1.54) is 5.56 Å². The molecule has 0 saturated heterocycles. The molecule has 3 nitrogen and oxygen atoms in total. The van der Waals surface area contributed by atoms with Crippen LogP contribution in [0.15, 0.2) is 36.7 Å². The maximum absolute atomic E-state index is 4.28. The highest BCUT2D eigenvalue weighted by atomic mass is 15.0. The summed E-state index contributed by atoms with van der Waals surface area (Å²) in [6.45, 7) is 5.07. The summed E-state index contributed by atoms with van der Waals surface area (Å²) in [5.74, 6) is 0. The Kier molecular flexibility index (Phi) is 3.94. The van der Waals surface area contributed by atoms with E-state index in [4.69, 9.17) is 0 Å². The lowest BCUT2D eigenvalue weighted by Gasteiger charge is -2.13. The van der Waals surface area contributed by atoms with Crippen molar-refractivity contribution < 1.29 is 0 Å². The number of aromatic nitrogens is 2. The fraction of sp³-hybridized carbons (Fsp3) is 0.357. The molecule has 2 rings (SSSR count). The first-order valence-corrected chi connectivity index (χ1v) is 6.02. The molecule has 1 heterocycles. The molecule has 0 radical (unpaired) electrons. The van der Waals surface area contributed by atoms with Gasteiger partial charge in [0.2, 0.25) is 0 Å². The fourth-order valence-electron chi connectivity index (χ4n) is 1.88. The summed E-state index contributed by atoms with van der Waals surface area (Å²) >= 11 is 0. The third-order valence-electron chi connectivity index (χ3n) is 2.94. The lowest BCUT2D eigenvalue weighted by atomic mass is 10.1. The smallest absolute Gasteiger partial charge is 0.0925 e. The second-order valence-corrected chi connectivity index (χ2v) is 4.45. The molecule has 0 aliphatic rings. The van der Waals surface area contributed by atoms with Gasteiger partial charge in [0.05, 0.1) is 12.0 Å². The van der Waals surface area contributed by atoms with E-state index in [0.29, 0.717) is 6.04 Å². The molecule has 0 amide bonds. The zero-order valence-electron chi connectivity index (χ0n) is 10.4. The first kappa shape index (κ1) is 11.9. The third-order valence-corrected chi connectivity index (χ3v) is 2.94. The Morgan fingerprint density at radius 1 is 1.29 bits per heavy atom. The minimum absolute atomic E-state index is 0.452. The Hall–Kier alpha value is -1.61. The quantitative estimate of drug-likeness (QED) is 0.826. The summed E-state index contributed by atoms with van der Waals surface area (Å²) in [6.07, 6.45) is 2.79. The Balaban J connectivity index is 1.82. The number of imidazole rings is 1. The fourth-order valence-corrected chi connectivity index (χ4v) is 1.88. The van der Waals surface area contributed by atoms with Crippen molar-refractivity contribution >= 4 is 0 Å². The lowest BCUT2D eigenvalue weighted by Crippen LogP contribution is -2.27. The molecular weight excluding hydrogens is 210 g/mol. The van der Waals surface area contributed by atoms with Gasteiger partial charge in [0.15, 0.2) is 0 Å². The van der Waals surface area contributed by atoms with Crippen molar-refractivity contribution in [3.63, 3.8) is 0 Å². The van der Waals surface area contributed by atoms with Gasteiger partial charge in [0.25, 0.3) is 0 Å². The van der Waals surface area contributed by atoms with Gasteiger partial charge >= 0.3 is 0 Å². The molecular formula is C14H19N3. The Labute approximate surface area is 102 Å². The van der Waals surface area contributed by atoms with Crippen LogP contribution in [0.4, 0.5) is 0 Å². The van der Waals surface area contributed by atoms with Gasteiger partial charge in [-0.15, -0.1) is 0 Å². The molecule has 0 aliphatic heterocycles. The average molecular weight is 229 g/mol. The SMILES string of the molecule is Cc1[nH]cnc1CNC(C)Cc1ccccc1. The van der Waals surface area contributed by atoms with E-state index < -0.39 is 0 Å². The second kappa shape index (κ2) is 5.64. The normalized spacial score (nSPS) is 12.6. The van der Waals surface area contributed by atoms with Gasteiger partial charge in [0, 0.05) is 18.3 Å². The van der Waals surface area contributed by atoms with E-state index in [0.717, 1.165) is 24.4 Å². The number of hydrogen-bond acceptors (Lipinski definition) is 2. The van der Waals surface area contributed by atoms with Crippen LogP contribution < -0.4 is 5.32 Å². The minimum atomic E-state index is 0.452. The van der Waals surface area contributed by atoms with Gasteiger partial charge in [-0.2, -0.15) is 0 Å². The van der Waals surface area contributed by atoms with Gasteiger partial charge in [-0.05, 0) is 25.8 Å². The van der Waals surface area contributed by atoms with E-state index in [2.05, 4.69) is 52.5 Å². The zero-order valence-corrected chi connectivity index (χ0v) is 10.4. The van der Waals surface area contributed by atoms with Crippen molar-refractivity contribution in [2.45, 2.75) is 32.9 Å². The molecule has 1 aromatic heterocycles. The number of benzene rings is 1. The first-order valence-electron chi connectivity index (χ1n) is 6.02. The van der Waals surface area contributed by atoms with Crippen LogP contribution in [0.25, 0.3) is 0 Å². The van der Waals surface area contributed by atoms with Crippen molar-refractivity contribution in [1.82, 2.24) is 15.3 Å². The Morgan fingerprint density at radius 3 is 2.71 bits per heavy atom. The van der Waals surface area contributed by atoms with Gasteiger partial charge in [-0.3, -0.25) is 0 Å². The van der Waals surface area contributed by atoms with Crippen LogP contribution >= 0.6 is 0 Å². The molecule has 0 spiro atoms. The van der Waals surface area contributed by atoms with Crippen LogP contribution in [0.1, 0.15) is 23.9 Å². The highest BCUT2D eigenvalue weighted by Gasteiger charge is 2.05. The first-order chi connectivity index (χ1) is 8.25. The van der Waals surface area contributed by atoms with E-state index in [1.807, 2.05) is 6.92 Å².